The lowest BCUT2D eigenvalue weighted by Crippen LogP contribution is -2.06. The highest BCUT2D eigenvalue weighted by atomic mass is 79.9. The predicted molar refractivity (Wildman–Crippen MR) is 76.1 cm³/mol. The van der Waals surface area contributed by atoms with Gasteiger partial charge in [0.25, 0.3) is 0 Å². The molecule has 0 aliphatic heterocycles. The lowest BCUT2D eigenvalue weighted by molar-refractivity contribution is -0.138. The topological polar surface area (TPSA) is 0 Å². The SMILES string of the molecule is FC(F)(F)c1ccc(-c2cc(C(F)(F)F)c[c]c2Br)c(Br)c1. The van der Waals surface area contributed by atoms with Crippen LogP contribution in [0.3, 0.4) is 0 Å². The number of alkyl halides is 6. The van der Waals surface area contributed by atoms with Gasteiger partial charge in [-0.25, -0.2) is 0 Å². The van der Waals surface area contributed by atoms with Gasteiger partial charge in [0.2, 0.25) is 0 Å². The van der Waals surface area contributed by atoms with Crippen molar-refractivity contribution in [1.29, 1.82) is 0 Å². The molecule has 0 amide bonds. The van der Waals surface area contributed by atoms with Crippen LogP contribution >= 0.6 is 31.9 Å². The summed E-state index contributed by atoms with van der Waals surface area (Å²) in [6.07, 6.45) is -9.09. The summed E-state index contributed by atoms with van der Waals surface area (Å²) >= 11 is 6.03. The molecule has 0 saturated carbocycles. The summed E-state index contributed by atoms with van der Waals surface area (Å²) in [5.41, 5.74) is -1.54. The van der Waals surface area contributed by atoms with E-state index >= 15 is 0 Å². The average molecular weight is 447 g/mol. The second-order valence-electron chi connectivity index (χ2n) is 4.31. The number of hydrogen-bond donors (Lipinski definition) is 0. The van der Waals surface area contributed by atoms with Crippen molar-refractivity contribution in [3.05, 3.63) is 56.5 Å². The quantitative estimate of drug-likeness (QED) is 0.427. The minimum atomic E-state index is -4.57. The largest absolute Gasteiger partial charge is 0.416 e. The lowest BCUT2D eigenvalue weighted by Gasteiger charge is -2.13. The molecule has 1 radical (unpaired) electrons. The van der Waals surface area contributed by atoms with Crippen LogP contribution in [0.1, 0.15) is 11.1 Å². The van der Waals surface area contributed by atoms with Gasteiger partial charge in [-0.15, -0.1) is 0 Å². The van der Waals surface area contributed by atoms with Gasteiger partial charge in [-0.05, 0) is 57.4 Å². The van der Waals surface area contributed by atoms with E-state index < -0.39 is 23.5 Å². The highest BCUT2D eigenvalue weighted by Crippen LogP contribution is 2.40. The molecule has 0 spiro atoms. The smallest absolute Gasteiger partial charge is 0.166 e. The summed E-state index contributed by atoms with van der Waals surface area (Å²) in [6.45, 7) is 0. The van der Waals surface area contributed by atoms with E-state index in [1.165, 1.54) is 0 Å². The van der Waals surface area contributed by atoms with Crippen molar-refractivity contribution in [1.82, 2.24) is 0 Å². The van der Waals surface area contributed by atoms with Crippen molar-refractivity contribution in [3.8, 4) is 11.1 Å². The van der Waals surface area contributed by atoms with Gasteiger partial charge in [-0.2, -0.15) is 26.3 Å². The van der Waals surface area contributed by atoms with E-state index in [1.807, 2.05) is 0 Å². The Morgan fingerprint density at radius 2 is 1.36 bits per heavy atom. The molecule has 0 fully saturated rings. The van der Waals surface area contributed by atoms with Crippen molar-refractivity contribution in [2.24, 2.45) is 0 Å². The molecular formula is C14H5Br2F6. The molecule has 8 heteroatoms. The van der Waals surface area contributed by atoms with Crippen LogP contribution in [0.5, 0.6) is 0 Å². The van der Waals surface area contributed by atoms with Gasteiger partial charge in [0.05, 0.1) is 11.1 Å². The number of hydrogen-bond acceptors (Lipinski definition) is 0. The first kappa shape index (κ1) is 17.3. The van der Waals surface area contributed by atoms with Gasteiger partial charge in [-0.3, -0.25) is 0 Å². The molecule has 0 aliphatic rings. The van der Waals surface area contributed by atoms with Crippen LogP contribution in [-0.4, -0.2) is 0 Å². The third-order valence-corrected chi connectivity index (χ3v) is 4.12. The van der Waals surface area contributed by atoms with Crippen molar-refractivity contribution < 1.29 is 26.3 Å². The maximum absolute atomic E-state index is 12.7. The Bertz CT molecular complexity index is 703. The Morgan fingerprint density at radius 1 is 0.773 bits per heavy atom. The minimum absolute atomic E-state index is 0.0377. The molecule has 0 unspecified atom stereocenters. The van der Waals surface area contributed by atoms with Crippen molar-refractivity contribution in [3.63, 3.8) is 0 Å². The minimum Gasteiger partial charge on any atom is -0.166 e. The molecular weight excluding hydrogens is 442 g/mol. The second kappa shape index (κ2) is 5.88. The van der Waals surface area contributed by atoms with E-state index in [-0.39, 0.29) is 20.1 Å². The first-order chi connectivity index (χ1) is 10.00. The summed E-state index contributed by atoms with van der Waals surface area (Å²) in [5, 5.41) is 0. The van der Waals surface area contributed by atoms with Crippen LogP contribution in [0.15, 0.2) is 39.3 Å². The van der Waals surface area contributed by atoms with E-state index in [2.05, 4.69) is 37.9 Å². The van der Waals surface area contributed by atoms with Crippen molar-refractivity contribution in [2.45, 2.75) is 12.4 Å². The molecule has 22 heavy (non-hydrogen) atoms. The van der Waals surface area contributed by atoms with Gasteiger partial charge in [0.15, 0.2) is 0 Å². The van der Waals surface area contributed by atoms with Gasteiger partial charge in [0.1, 0.15) is 0 Å². The van der Waals surface area contributed by atoms with Gasteiger partial charge >= 0.3 is 12.4 Å². The Labute approximate surface area is 138 Å². The van der Waals surface area contributed by atoms with Gasteiger partial charge in [0, 0.05) is 8.95 Å². The zero-order valence-electron chi connectivity index (χ0n) is 10.4. The molecule has 2 aromatic rings. The summed E-state index contributed by atoms with van der Waals surface area (Å²) in [7, 11) is 0. The summed E-state index contributed by atoms with van der Waals surface area (Å²) < 4.78 is 76.3. The predicted octanol–water partition coefficient (Wildman–Crippen LogP) is 6.72. The third-order valence-electron chi connectivity index (χ3n) is 2.80. The zero-order valence-corrected chi connectivity index (χ0v) is 13.6. The molecule has 0 bridgehead atoms. The van der Waals surface area contributed by atoms with Crippen LogP contribution in [-0.2, 0) is 12.4 Å². The summed E-state index contributed by atoms with van der Waals surface area (Å²) in [4.78, 5) is 0. The van der Waals surface area contributed by atoms with E-state index in [4.69, 9.17) is 0 Å². The van der Waals surface area contributed by atoms with Crippen LogP contribution in [0.25, 0.3) is 11.1 Å². The molecule has 2 aromatic carbocycles. The maximum Gasteiger partial charge on any atom is 0.416 e. The first-order valence-corrected chi connectivity index (χ1v) is 7.24. The van der Waals surface area contributed by atoms with E-state index in [1.54, 1.807) is 0 Å². The Hall–Kier alpha value is -1.02. The third kappa shape index (κ3) is 3.65. The zero-order chi connectivity index (χ0) is 16.7. The van der Waals surface area contributed by atoms with E-state index in [0.717, 1.165) is 30.3 Å². The molecule has 0 heterocycles. The number of rotatable bonds is 1. The molecule has 0 N–H and O–H groups in total. The van der Waals surface area contributed by atoms with Crippen LogP contribution in [0.2, 0.25) is 0 Å². The summed E-state index contributed by atoms with van der Waals surface area (Å²) in [5.74, 6) is 0. The second-order valence-corrected chi connectivity index (χ2v) is 5.95. The van der Waals surface area contributed by atoms with Crippen LogP contribution in [0, 0.1) is 6.07 Å². The molecule has 0 atom stereocenters. The molecule has 0 aromatic heterocycles. The number of benzene rings is 2. The number of halogens is 8. The normalized spacial score (nSPS) is 12.5. The van der Waals surface area contributed by atoms with Crippen molar-refractivity contribution >= 4 is 31.9 Å². The Kier molecular flexibility index (Phi) is 4.64. The monoisotopic (exact) mass is 445 g/mol. The fourth-order valence-corrected chi connectivity index (χ4v) is 2.78. The van der Waals surface area contributed by atoms with Gasteiger partial charge < -0.3 is 0 Å². The van der Waals surface area contributed by atoms with Crippen LogP contribution < -0.4 is 0 Å². The standard InChI is InChI=1S/C14H5Br2F6/c15-11-4-2-7(13(17,18)19)5-10(11)9-3-1-8(6-12(9)16)14(20,21)22/h1-3,5-6H. The van der Waals surface area contributed by atoms with Gasteiger partial charge in [-0.1, -0.05) is 22.0 Å². The fraction of sp³-hybridized carbons (Fsp3) is 0.143. The lowest BCUT2D eigenvalue weighted by atomic mass is 10.0. The maximum atomic E-state index is 12.7. The molecule has 2 rings (SSSR count). The fourth-order valence-electron chi connectivity index (χ4n) is 1.75. The van der Waals surface area contributed by atoms with E-state index in [9.17, 15) is 26.3 Å². The highest BCUT2D eigenvalue weighted by Gasteiger charge is 2.32. The molecule has 0 aliphatic carbocycles. The molecule has 117 valence electrons. The Balaban J connectivity index is 2.57. The van der Waals surface area contributed by atoms with E-state index in [0.29, 0.717) is 0 Å². The highest BCUT2D eigenvalue weighted by molar-refractivity contribution is 9.11. The first-order valence-electron chi connectivity index (χ1n) is 5.65. The van der Waals surface area contributed by atoms with Crippen LogP contribution in [0.4, 0.5) is 26.3 Å². The summed E-state index contributed by atoms with van der Waals surface area (Å²) in [6, 6.07) is 6.77. The average Bonchev–Trinajstić information content (AvgIpc) is 2.37. The van der Waals surface area contributed by atoms with Crippen molar-refractivity contribution in [2.75, 3.05) is 0 Å². The Morgan fingerprint density at radius 3 is 1.86 bits per heavy atom. The molecule has 0 saturated heterocycles. The molecule has 0 nitrogen and oxygen atoms in total.